The zero-order valence-corrected chi connectivity index (χ0v) is 37.6. The first kappa shape index (κ1) is 55.9. The lowest BCUT2D eigenvalue weighted by Crippen LogP contribution is -2.28. The van der Waals surface area contributed by atoms with E-state index in [4.69, 9.17) is 18.5 Å². The number of hydrogen-bond donors (Lipinski definition) is 3. The van der Waals surface area contributed by atoms with Crippen LogP contribution in [0, 0.1) is 0 Å². The highest BCUT2D eigenvalue weighted by atomic mass is 31.2. The van der Waals surface area contributed by atoms with E-state index in [1.54, 1.807) is 0 Å². The number of aliphatic hydroxyl groups is 2. The summed E-state index contributed by atoms with van der Waals surface area (Å²) in [6.07, 6.45) is 46.5. The summed E-state index contributed by atoms with van der Waals surface area (Å²) in [5.41, 5.74) is 0. The number of rotatable bonds is 43. The Kier molecular flexibility index (Phi) is 41.5. The lowest BCUT2D eigenvalue weighted by atomic mass is 10.1. The Morgan fingerprint density at radius 3 is 1.10 bits per heavy atom. The average Bonchev–Trinajstić information content (AvgIpc) is 3.21. The van der Waals surface area contributed by atoms with E-state index in [9.17, 15) is 29.3 Å². The molecule has 11 heteroatoms. The maximum atomic E-state index is 12.4. The molecule has 0 saturated heterocycles. The molecule has 0 spiro atoms. The molecular formula is C47H85O10P. The van der Waals surface area contributed by atoms with Gasteiger partial charge >= 0.3 is 19.8 Å². The highest BCUT2D eigenvalue weighted by Crippen LogP contribution is 2.43. The van der Waals surface area contributed by atoms with E-state index in [0.29, 0.717) is 12.8 Å². The van der Waals surface area contributed by atoms with E-state index < -0.39 is 58.4 Å². The Morgan fingerprint density at radius 2 is 0.759 bits per heavy atom. The number of carbonyl (C=O) groups is 2. The Hall–Kier alpha value is -2.07. The number of ether oxygens (including phenoxy) is 2. The summed E-state index contributed by atoms with van der Waals surface area (Å²) in [7, 11) is -4.64. The predicted octanol–water partition coefficient (Wildman–Crippen LogP) is 12.5. The van der Waals surface area contributed by atoms with Gasteiger partial charge in [0.25, 0.3) is 0 Å². The Morgan fingerprint density at radius 1 is 0.466 bits per heavy atom. The van der Waals surface area contributed by atoms with E-state index in [2.05, 4.69) is 62.5 Å². The smallest absolute Gasteiger partial charge is 0.457 e. The first-order valence-electron chi connectivity index (χ1n) is 23.1. The third-order valence-electron chi connectivity index (χ3n) is 9.76. The highest BCUT2D eigenvalue weighted by molar-refractivity contribution is 7.47. The van der Waals surface area contributed by atoms with Crippen LogP contribution in [0.15, 0.2) is 48.6 Å². The lowest BCUT2D eigenvalue weighted by molar-refractivity contribution is -0.153. The van der Waals surface area contributed by atoms with Crippen molar-refractivity contribution in [3.8, 4) is 0 Å². The van der Waals surface area contributed by atoms with E-state index in [0.717, 1.165) is 70.6 Å². The third-order valence-corrected chi connectivity index (χ3v) is 10.7. The van der Waals surface area contributed by atoms with Gasteiger partial charge in [0.05, 0.1) is 26.4 Å². The Labute approximate surface area is 353 Å². The van der Waals surface area contributed by atoms with Gasteiger partial charge in [-0.1, -0.05) is 159 Å². The molecular weight excluding hydrogens is 755 g/mol. The fraction of sp³-hybridized carbons (Fsp3) is 0.787. The number of hydrogen-bond acceptors (Lipinski definition) is 9. The Bertz CT molecular complexity index is 1110. The number of phosphoric ester groups is 1. The second-order valence-corrected chi connectivity index (χ2v) is 16.8. The van der Waals surface area contributed by atoms with Gasteiger partial charge in [0.15, 0.2) is 0 Å². The third kappa shape index (κ3) is 40.7. The van der Waals surface area contributed by atoms with Crippen LogP contribution in [0.25, 0.3) is 0 Å². The number of phosphoric acid groups is 1. The lowest BCUT2D eigenvalue weighted by Gasteiger charge is -2.20. The largest absolute Gasteiger partial charge is 0.472 e. The zero-order chi connectivity index (χ0) is 42.6. The summed E-state index contributed by atoms with van der Waals surface area (Å²) < 4.78 is 32.6. The van der Waals surface area contributed by atoms with Crippen LogP contribution >= 0.6 is 7.82 Å². The molecule has 3 atom stereocenters. The summed E-state index contributed by atoms with van der Waals surface area (Å²) in [6, 6.07) is 0. The molecule has 0 aliphatic carbocycles. The van der Waals surface area contributed by atoms with E-state index >= 15 is 0 Å². The molecule has 0 aliphatic rings. The molecule has 0 heterocycles. The molecule has 0 aromatic carbocycles. The predicted molar refractivity (Wildman–Crippen MR) is 237 cm³/mol. The van der Waals surface area contributed by atoms with E-state index in [-0.39, 0.29) is 12.8 Å². The van der Waals surface area contributed by atoms with Gasteiger partial charge in [0.2, 0.25) is 0 Å². The molecule has 3 unspecified atom stereocenters. The summed E-state index contributed by atoms with van der Waals surface area (Å²) in [6.45, 7) is 2.15. The molecule has 0 bridgehead atoms. The van der Waals surface area contributed by atoms with E-state index in [1.165, 1.54) is 89.9 Å². The zero-order valence-electron chi connectivity index (χ0n) is 36.8. The van der Waals surface area contributed by atoms with Crippen LogP contribution in [-0.2, 0) is 32.7 Å². The molecule has 10 nitrogen and oxygen atoms in total. The van der Waals surface area contributed by atoms with Crippen LogP contribution in [-0.4, -0.2) is 65.7 Å². The highest BCUT2D eigenvalue weighted by Gasteiger charge is 2.27. The molecule has 0 rings (SSSR count). The minimum absolute atomic E-state index is 0.175. The molecule has 3 N–H and O–H groups in total. The fourth-order valence-corrected chi connectivity index (χ4v) is 6.96. The second-order valence-electron chi connectivity index (χ2n) is 15.4. The Balaban J connectivity index is 3.92. The topological polar surface area (TPSA) is 149 Å². The fourth-order valence-electron chi connectivity index (χ4n) is 6.17. The SMILES string of the molecule is CCCCC/C=C\C/C=C\CCCCCCCCCCCC(=O)OC(CO)COP(=O)(O)OCC(CO)OC(=O)CCCCCCC/C=C\C/C=C\CCCCCC. The van der Waals surface area contributed by atoms with Crippen LogP contribution in [0.2, 0.25) is 0 Å². The first-order chi connectivity index (χ1) is 28.3. The standard InChI is InChI=1S/C47H85O10P/c1-3-5-7-9-11-13-15-17-19-21-22-23-25-27-29-31-33-35-37-39-47(51)57-45(41-49)43-55-58(52,53)54-42-44(40-48)56-46(50)38-36-34-32-30-28-26-24-20-18-16-14-12-10-8-6-4-2/h11,13-14,16-17,19-20,24,44-45,48-49H,3-10,12,15,18,21-23,25-43H2,1-2H3,(H,52,53)/b13-11-,16-14-,19-17-,24-20-. The molecule has 0 aliphatic heterocycles. The first-order valence-corrected chi connectivity index (χ1v) is 24.6. The molecule has 58 heavy (non-hydrogen) atoms. The number of esters is 2. The number of aliphatic hydroxyl groups excluding tert-OH is 2. The van der Waals surface area contributed by atoms with Crippen molar-refractivity contribution in [2.75, 3.05) is 26.4 Å². The quantitative estimate of drug-likeness (QED) is 0.0234. The van der Waals surface area contributed by atoms with Crippen molar-refractivity contribution in [2.24, 2.45) is 0 Å². The van der Waals surface area contributed by atoms with Gasteiger partial charge in [0.1, 0.15) is 12.2 Å². The number of allylic oxidation sites excluding steroid dienone is 8. The molecule has 0 aromatic heterocycles. The van der Waals surface area contributed by atoms with Crippen molar-refractivity contribution < 1.29 is 47.8 Å². The summed E-state index contributed by atoms with van der Waals surface area (Å²) in [5.74, 6) is -1.04. The van der Waals surface area contributed by atoms with Crippen LogP contribution in [0.5, 0.6) is 0 Å². The molecule has 0 saturated carbocycles. The van der Waals surface area contributed by atoms with Gasteiger partial charge in [-0.15, -0.1) is 0 Å². The van der Waals surface area contributed by atoms with Crippen LogP contribution in [0.1, 0.15) is 200 Å². The summed E-state index contributed by atoms with van der Waals surface area (Å²) in [4.78, 5) is 34.6. The van der Waals surface area contributed by atoms with Gasteiger partial charge in [-0.2, -0.15) is 0 Å². The summed E-state index contributed by atoms with van der Waals surface area (Å²) in [5, 5.41) is 19.2. The van der Waals surface area contributed by atoms with Gasteiger partial charge in [-0.25, -0.2) is 4.57 Å². The van der Waals surface area contributed by atoms with Crippen molar-refractivity contribution in [3.63, 3.8) is 0 Å². The van der Waals surface area contributed by atoms with Crippen molar-refractivity contribution >= 4 is 19.8 Å². The van der Waals surface area contributed by atoms with Crippen LogP contribution in [0.3, 0.4) is 0 Å². The van der Waals surface area contributed by atoms with Gasteiger partial charge in [-0.3, -0.25) is 18.6 Å². The van der Waals surface area contributed by atoms with E-state index in [1.807, 2.05) is 0 Å². The molecule has 0 aromatic rings. The summed E-state index contributed by atoms with van der Waals surface area (Å²) >= 11 is 0. The van der Waals surface area contributed by atoms with Crippen LogP contribution in [0.4, 0.5) is 0 Å². The van der Waals surface area contributed by atoms with Crippen LogP contribution < -0.4 is 0 Å². The maximum absolute atomic E-state index is 12.4. The minimum atomic E-state index is -4.64. The monoisotopic (exact) mass is 841 g/mol. The average molecular weight is 841 g/mol. The normalized spacial score (nSPS) is 14.2. The number of unbranched alkanes of at least 4 members (excludes halogenated alkanes) is 21. The minimum Gasteiger partial charge on any atom is -0.457 e. The van der Waals surface area contributed by atoms with Crippen molar-refractivity contribution in [1.82, 2.24) is 0 Å². The van der Waals surface area contributed by atoms with Crippen molar-refractivity contribution in [2.45, 2.75) is 212 Å². The second kappa shape index (κ2) is 43.0. The molecule has 0 amide bonds. The van der Waals surface area contributed by atoms with Gasteiger partial charge in [-0.05, 0) is 77.0 Å². The molecule has 0 radical (unpaired) electrons. The van der Waals surface area contributed by atoms with Crippen molar-refractivity contribution in [3.05, 3.63) is 48.6 Å². The maximum Gasteiger partial charge on any atom is 0.472 e. The molecule has 0 fully saturated rings. The number of carbonyl (C=O) groups excluding carboxylic acids is 2. The van der Waals surface area contributed by atoms with Gasteiger partial charge in [0, 0.05) is 12.8 Å². The van der Waals surface area contributed by atoms with Crippen molar-refractivity contribution in [1.29, 1.82) is 0 Å². The van der Waals surface area contributed by atoms with Gasteiger partial charge < -0.3 is 24.6 Å². The molecule has 338 valence electrons.